The molecule has 0 amide bonds. The highest BCUT2D eigenvalue weighted by Gasteiger charge is 2.31. The maximum Gasteiger partial charge on any atom is 0.252 e. The van der Waals surface area contributed by atoms with Crippen molar-refractivity contribution >= 4 is 16.7 Å². The van der Waals surface area contributed by atoms with Crippen molar-refractivity contribution in [3.05, 3.63) is 58.5 Å². The molecule has 1 aliphatic heterocycles. The molecule has 2 aromatic heterocycles. The lowest BCUT2D eigenvalue weighted by Gasteiger charge is -2.39. The van der Waals surface area contributed by atoms with Crippen molar-refractivity contribution in [3.8, 4) is 17.6 Å². The monoisotopic (exact) mass is 460 g/mol. The Morgan fingerprint density at radius 3 is 2.50 bits per heavy atom. The van der Waals surface area contributed by atoms with Gasteiger partial charge in [0.1, 0.15) is 40.5 Å². The molecule has 0 spiro atoms. The second-order valence-corrected chi connectivity index (χ2v) is 9.85. The van der Waals surface area contributed by atoms with E-state index in [2.05, 4.69) is 22.9 Å². The molecule has 3 heterocycles. The number of ether oxygens (including phenoxy) is 2. The molecule has 0 radical (unpaired) electrons. The van der Waals surface area contributed by atoms with E-state index in [4.69, 9.17) is 9.47 Å². The zero-order valence-corrected chi connectivity index (χ0v) is 20.5. The predicted molar refractivity (Wildman–Crippen MR) is 134 cm³/mol. The zero-order chi connectivity index (χ0) is 24.5. The lowest BCUT2D eigenvalue weighted by molar-refractivity contribution is 0.109. The Hall–Kier alpha value is -3.53. The van der Waals surface area contributed by atoms with E-state index in [0.717, 1.165) is 48.6 Å². The number of benzene rings is 1. The molecular weight excluding hydrogens is 428 g/mol. The van der Waals surface area contributed by atoms with Crippen LogP contribution in [0.5, 0.6) is 11.5 Å². The van der Waals surface area contributed by atoms with Crippen LogP contribution in [-0.4, -0.2) is 34.3 Å². The molecule has 1 aromatic carbocycles. The molecule has 1 aliphatic rings. The number of nitriles is 1. The number of nitrogens with zero attached hydrogens (tertiary/aromatic N) is 4. The van der Waals surface area contributed by atoms with E-state index in [9.17, 15) is 10.1 Å². The van der Waals surface area contributed by atoms with Gasteiger partial charge in [-0.15, -0.1) is 0 Å². The average Bonchev–Trinajstić information content (AvgIpc) is 2.81. The summed E-state index contributed by atoms with van der Waals surface area (Å²) in [4.78, 5) is 19.4. The van der Waals surface area contributed by atoms with Crippen LogP contribution in [0.25, 0.3) is 11.0 Å². The number of aromatic nitrogens is 2. The van der Waals surface area contributed by atoms with Crippen LogP contribution < -0.4 is 19.9 Å². The minimum Gasteiger partial charge on any atom is -0.490 e. The third kappa shape index (κ3) is 5.01. The number of hydrogen-bond donors (Lipinski definition) is 0. The minimum atomic E-state index is -0.242. The van der Waals surface area contributed by atoms with E-state index in [-0.39, 0.29) is 23.2 Å². The van der Waals surface area contributed by atoms with Crippen molar-refractivity contribution in [3.63, 3.8) is 0 Å². The van der Waals surface area contributed by atoms with E-state index in [1.165, 1.54) is 0 Å². The molecule has 0 bridgehead atoms. The first-order valence-corrected chi connectivity index (χ1v) is 11.8. The van der Waals surface area contributed by atoms with Gasteiger partial charge in [0.2, 0.25) is 0 Å². The molecule has 0 aliphatic carbocycles. The molecule has 2 atom stereocenters. The third-order valence-corrected chi connectivity index (χ3v) is 6.25. The fourth-order valence-electron chi connectivity index (χ4n) is 4.51. The molecule has 178 valence electrons. The average molecular weight is 461 g/mol. The molecule has 0 saturated carbocycles. The fourth-order valence-corrected chi connectivity index (χ4v) is 4.51. The van der Waals surface area contributed by atoms with Gasteiger partial charge in [0.25, 0.3) is 5.56 Å². The van der Waals surface area contributed by atoms with Gasteiger partial charge in [0.05, 0.1) is 11.2 Å². The van der Waals surface area contributed by atoms with Crippen molar-refractivity contribution in [1.82, 2.24) is 9.55 Å². The summed E-state index contributed by atoms with van der Waals surface area (Å²) in [5, 5.41) is 9.33. The van der Waals surface area contributed by atoms with Crippen molar-refractivity contribution in [2.45, 2.75) is 52.2 Å². The number of piperidine rings is 1. The third-order valence-electron chi connectivity index (χ3n) is 6.25. The van der Waals surface area contributed by atoms with Crippen molar-refractivity contribution in [2.75, 3.05) is 18.0 Å². The fraction of sp³-hybridized carbons (Fsp3) is 0.444. The zero-order valence-electron chi connectivity index (χ0n) is 20.5. The lowest BCUT2D eigenvalue weighted by atomic mass is 9.91. The van der Waals surface area contributed by atoms with Crippen LogP contribution in [0.4, 0.5) is 5.69 Å². The lowest BCUT2D eigenvalue weighted by Crippen LogP contribution is -2.46. The summed E-state index contributed by atoms with van der Waals surface area (Å²) in [6.45, 7) is 9.75. The molecule has 1 fully saturated rings. The largest absolute Gasteiger partial charge is 0.490 e. The van der Waals surface area contributed by atoms with Crippen LogP contribution >= 0.6 is 0 Å². The van der Waals surface area contributed by atoms with Gasteiger partial charge >= 0.3 is 0 Å². The first kappa shape index (κ1) is 23.6. The Kier molecular flexibility index (Phi) is 6.52. The standard InChI is InChI=1S/C27H32N4O3/c1-6-18-17-31(23-15-25(32)30(5)22-12-7-19(16-28)29-26(22)23)14-13-24(18)33-20-8-10-21(11-9-20)34-27(2,3)4/h7-12,15,18,24H,6,13-14,17H2,1-5H3. The Labute approximate surface area is 200 Å². The van der Waals surface area contributed by atoms with Crippen LogP contribution in [0, 0.1) is 17.2 Å². The van der Waals surface area contributed by atoms with Gasteiger partial charge in [-0.25, -0.2) is 4.98 Å². The Bertz CT molecular complexity index is 1270. The highest BCUT2D eigenvalue weighted by atomic mass is 16.5. The second-order valence-electron chi connectivity index (χ2n) is 9.85. The maximum absolute atomic E-state index is 12.6. The number of fused-ring (bicyclic) bond motifs is 1. The van der Waals surface area contributed by atoms with E-state index in [1.807, 2.05) is 45.0 Å². The molecule has 0 N–H and O–H groups in total. The van der Waals surface area contributed by atoms with Crippen molar-refractivity contribution < 1.29 is 9.47 Å². The Balaban J connectivity index is 1.54. The van der Waals surface area contributed by atoms with Gasteiger partial charge in [0.15, 0.2) is 0 Å². The summed E-state index contributed by atoms with van der Waals surface area (Å²) in [6.07, 6.45) is 1.86. The first-order valence-electron chi connectivity index (χ1n) is 11.8. The summed E-state index contributed by atoms with van der Waals surface area (Å²) in [6, 6.07) is 15.0. The molecule has 4 rings (SSSR count). The Morgan fingerprint density at radius 2 is 1.85 bits per heavy atom. The summed E-state index contributed by atoms with van der Waals surface area (Å²) in [7, 11) is 1.73. The van der Waals surface area contributed by atoms with E-state index in [1.54, 1.807) is 29.8 Å². The number of aryl methyl sites for hydroxylation is 1. The smallest absolute Gasteiger partial charge is 0.252 e. The van der Waals surface area contributed by atoms with Crippen molar-refractivity contribution in [1.29, 1.82) is 5.26 Å². The molecule has 34 heavy (non-hydrogen) atoms. The predicted octanol–water partition coefficient (Wildman–Crippen LogP) is 4.67. The van der Waals surface area contributed by atoms with Crippen LogP contribution in [0.2, 0.25) is 0 Å². The highest BCUT2D eigenvalue weighted by Crippen LogP contribution is 2.32. The van der Waals surface area contributed by atoms with Gasteiger partial charge in [-0.3, -0.25) is 4.79 Å². The molecule has 7 nitrogen and oxygen atoms in total. The molecular formula is C27H32N4O3. The summed E-state index contributed by atoms with van der Waals surface area (Å²) in [5.41, 5.74) is 2.22. The van der Waals surface area contributed by atoms with Crippen LogP contribution in [0.3, 0.4) is 0 Å². The molecule has 2 unspecified atom stereocenters. The van der Waals surface area contributed by atoms with Crippen LogP contribution in [0.1, 0.15) is 46.2 Å². The SMILES string of the molecule is CCC1CN(c2cc(=O)n(C)c3ccc(C#N)nc23)CCC1Oc1ccc(OC(C)(C)C)cc1. The van der Waals surface area contributed by atoms with Crippen LogP contribution in [-0.2, 0) is 7.05 Å². The highest BCUT2D eigenvalue weighted by molar-refractivity contribution is 5.88. The van der Waals surface area contributed by atoms with Gasteiger partial charge in [0, 0.05) is 38.5 Å². The number of anilines is 1. The maximum atomic E-state index is 12.6. The van der Waals surface area contributed by atoms with Gasteiger partial charge in [-0.1, -0.05) is 6.92 Å². The number of rotatable bonds is 5. The summed E-state index contributed by atoms with van der Waals surface area (Å²) >= 11 is 0. The topological polar surface area (TPSA) is 80.4 Å². The van der Waals surface area contributed by atoms with E-state index < -0.39 is 0 Å². The normalized spacial score (nSPS) is 18.5. The number of hydrogen-bond acceptors (Lipinski definition) is 6. The van der Waals surface area contributed by atoms with Gasteiger partial charge in [-0.05, 0) is 63.6 Å². The molecule has 3 aromatic rings. The van der Waals surface area contributed by atoms with E-state index >= 15 is 0 Å². The summed E-state index contributed by atoms with van der Waals surface area (Å²) < 4.78 is 13.9. The van der Waals surface area contributed by atoms with Crippen molar-refractivity contribution in [2.24, 2.45) is 13.0 Å². The minimum absolute atomic E-state index is 0.0797. The van der Waals surface area contributed by atoms with Gasteiger partial charge < -0.3 is 18.9 Å². The molecule has 1 saturated heterocycles. The van der Waals surface area contributed by atoms with E-state index in [0.29, 0.717) is 11.2 Å². The first-order chi connectivity index (χ1) is 16.2. The van der Waals surface area contributed by atoms with Crippen LogP contribution in [0.15, 0.2) is 47.3 Å². The second kappa shape index (κ2) is 9.38. The number of pyridine rings is 2. The summed E-state index contributed by atoms with van der Waals surface area (Å²) in [5.74, 6) is 1.94. The molecule has 7 heteroatoms. The van der Waals surface area contributed by atoms with Gasteiger partial charge in [-0.2, -0.15) is 5.26 Å². The Morgan fingerprint density at radius 1 is 1.15 bits per heavy atom. The quantitative estimate of drug-likeness (QED) is 0.551.